The standard InChI is InChI=1S/C44H61N7O7/c1-28(47-39(52)31-17-15-29(16-18-31)30-19-21-33(22-20-30)48-42(55)58-44(5,6)7)34-27-38(51-35-13-10-9-12-32(35)26-36(51)40(53)45-8)50-37(49-34)14-11-24-56-25-23-46-41(54)57-43(2,3)4/h15-22,27-28,32,35-36H,9-14,23-26H2,1-8H3,(H,45,53)(H,46,54)(H,47,52)(H,48,55)/t28?,32-,35-,36-/m0/s1. The first kappa shape index (κ1) is 43.9. The SMILES string of the molecule is CNC(=O)[C@@H]1C[C@@H]2CCCC[C@@H]2N1c1cc(C(C)NC(=O)c2ccc(-c3ccc(NC(=O)OC(C)(C)C)cc3)cc2)nc(CCCOCCNC(=O)OC(C)(C)C)n1. The molecule has 4 amide bonds. The van der Waals surface area contributed by atoms with Crippen LogP contribution < -0.4 is 26.2 Å². The van der Waals surface area contributed by atoms with Gasteiger partial charge in [-0.25, -0.2) is 19.6 Å². The predicted octanol–water partition coefficient (Wildman–Crippen LogP) is 7.34. The molecular formula is C44H61N7O7. The summed E-state index contributed by atoms with van der Waals surface area (Å²) >= 11 is 0. The van der Waals surface area contributed by atoms with Crippen LogP contribution in [0.25, 0.3) is 11.1 Å². The number of rotatable bonds is 14. The molecule has 314 valence electrons. The first-order valence-corrected chi connectivity index (χ1v) is 20.4. The van der Waals surface area contributed by atoms with Gasteiger partial charge in [0.1, 0.15) is 28.9 Å². The molecule has 4 atom stereocenters. The third-order valence-electron chi connectivity index (χ3n) is 10.1. The van der Waals surface area contributed by atoms with Crippen molar-refractivity contribution in [3.63, 3.8) is 0 Å². The number of aromatic nitrogens is 2. The number of likely N-dealkylation sites (N-methyl/N-ethyl adjacent to an activating group) is 1. The van der Waals surface area contributed by atoms with Gasteiger partial charge >= 0.3 is 12.2 Å². The number of amides is 4. The number of carbonyl (C=O) groups excluding carboxylic acids is 4. The van der Waals surface area contributed by atoms with E-state index >= 15 is 0 Å². The second kappa shape index (κ2) is 19.5. The quantitative estimate of drug-likeness (QED) is 0.121. The summed E-state index contributed by atoms with van der Waals surface area (Å²) in [5.74, 6) is 1.44. The van der Waals surface area contributed by atoms with Gasteiger partial charge in [0.2, 0.25) is 5.91 Å². The van der Waals surface area contributed by atoms with Gasteiger partial charge in [0, 0.05) is 50.0 Å². The number of nitrogens with zero attached hydrogens (tertiary/aromatic N) is 3. The summed E-state index contributed by atoms with van der Waals surface area (Å²) in [5, 5.41) is 11.4. The molecule has 1 unspecified atom stereocenters. The molecule has 0 bridgehead atoms. The van der Waals surface area contributed by atoms with Gasteiger partial charge in [-0.1, -0.05) is 37.1 Å². The summed E-state index contributed by atoms with van der Waals surface area (Å²) in [6.07, 6.45) is 5.27. The molecule has 1 aliphatic carbocycles. The van der Waals surface area contributed by atoms with Gasteiger partial charge in [0.05, 0.1) is 18.3 Å². The third-order valence-corrected chi connectivity index (χ3v) is 10.1. The highest BCUT2D eigenvalue weighted by atomic mass is 16.6. The Morgan fingerprint density at radius 3 is 2.14 bits per heavy atom. The van der Waals surface area contributed by atoms with E-state index in [2.05, 4.69) is 26.2 Å². The van der Waals surface area contributed by atoms with Crippen molar-refractivity contribution in [3.05, 3.63) is 71.7 Å². The Morgan fingerprint density at radius 1 is 0.845 bits per heavy atom. The predicted molar refractivity (Wildman–Crippen MR) is 224 cm³/mol. The number of benzene rings is 2. The van der Waals surface area contributed by atoms with Crippen LogP contribution in [0.5, 0.6) is 0 Å². The normalized spacial score (nSPS) is 18.4. The minimum atomic E-state index is -0.595. The van der Waals surface area contributed by atoms with Gasteiger partial charge in [0.15, 0.2) is 0 Å². The average molecular weight is 800 g/mol. The maximum absolute atomic E-state index is 13.6. The third kappa shape index (κ3) is 12.6. The Kier molecular flexibility index (Phi) is 14.7. The molecule has 5 rings (SSSR count). The molecule has 14 heteroatoms. The topological polar surface area (TPSA) is 173 Å². The first-order chi connectivity index (χ1) is 27.5. The molecule has 1 aromatic heterocycles. The van der Waals surface area contributed by atoms with Crippen LogP contribution >= 0.6 is 0 Å². The van der Waals surface area contributed by atoms with Crippen molar-refractivity contribution in [1.29, 1.82) is 0 Å². The van der Waals surface area contributed by atoms with Gasteiger partial charge in [-0.3, -0.25) is 14.9 Å². The Hall–Kier alpha value is -5.24. The fourth-order valence-electron chi connectivity index (χ4n) is 7.47. The summed E-state index contributed by atoms with van der Waals surface area (Å²) in [6, 6.07) is 16.1. The summed E-state index contributed by atoms with van der Waals surface area (Å²) < 4.78 is 16.4. The van der Waals surface area contributed by atoms with E-state index in [-0.39, 0.29) is 23.9 Å². The van der Waals surface area contributed by atoms with Crippen LogP contribution in [0.15, 0.2) is 54.6 Å². The molecule has 0 spiro atoms. The molecule has 2 aliphatic rings. The monoisotopic (exact) mass is 799 g/mol. The maximum Gasteiger partial charge on any atom is 0.412 e. The van der Waals surface area contributed by atoms with Crippen molar-refractivity contribution in [2.24, 2.45) is 5.92 Å². The smallest absolute Gasteiger partial charge is 0.412 e. The Balaban J connectivity index is 1.26. The number of hydrogen-bond acceptors (Lipinski definition) is 10. The van der Waals surface area contributed by atoms with E-state index in [0.29, 0.717) is 67.1 Å². The zero-order valence-corrected chi connectivity index (χ0v) is 35.3. The molecule has 1 aliphatic heterocycles. The summed E-state index contributed by atoms with van der Waals surface area (Å²) in [7, 11) is 1.68. The van der Waals surface area contributed by atoms with Gasteiger partial charge in [-0.15, -0.1) is 0 Å². The van der Waals surface area contributed by atoms with Crippen molar-refractivity contribution < 1.29 is 33.4 Å². The van der Waals surface area contributed by atoms with E-state index in [1.807, 2.05) is 78.8 Å². The fraction of sp³-hybridized carbons (Fsp3) is 0.545. The fourth-order valence-corrected chi connectivity index (χ4v) is 7.47. The second-order valence-corrected chi connectivity index (χ2v) is 17.1. The molecule has 1 saturated heterocycles. The molecule has 4 N–H and O–H groups in total. The lowest BCUT2D eigenvalue weighted by atomic mass is 9.84. The van der Waals surface area contributed by atoms with Crippen LogP contribution in [-0.2, 0) is 25.4 Å². The molecule has 2 fully saturated rings. The molecule has 3 aromatic rings. The Bertz CT molecular complexity index is 1870. The number of nitrogens with one attached hydrogen (secondary N) is 4. The first-order valence-electron chi connectivity index (χ1n) is 20.4. The lowest BCUT2D eigenvalue weighted by molar-refractivity contribution is -0.121. The van der Waals surface area contributed by atoms with Crippen LogP contribution in [0.2, 0.25) is 0 Å². The number of fused-ring (bicyclic) bond motifs is 1. The van der Waals surface area contributed by atoms with Crippen LogP contribution in [0.1, 0.15) is 115 Å². The summed E-state index contributed by atoms with van der Waals surface area (Å²) in [4.78, 5) is 63.1. The van der Waals surface area contributed by atoms with E-state index in [4.69, 9.17) is 24.2 Å². The lowest BCUT2D eigenvalue weighted by Gasteiger charge is -2.35. The van der Waals surface area contributed by atoms with Crippen molar-refractivity contribution in [3.8, 4) is 11.1 Å². The van der Waals surface area contributed by atoms with Crippen LogP contribution in [-0.4, -0.2) is 84.1 Å². The zero-order valence-electron chi connectivity index (χ0n) is 35.3. The van der Waals surface area contributed by atoms with Crippen molar-refractivity contribution in [2.45, 2.75) is 123 Å². The van der Waals surface area contributed by atoms with E-state index in [9.17, 15) is 19.2 Å². The molecule has 2 heterocycles. The van der Waals surface area contributed by atoms with Gasteiger partial charge in [-0.05, 0) is 115 Å². The van der Waals surface area contributed by atoms with Crippen molar-refractivity contribution in [2.75, 3.05) is 37.0 Å². The largest absolute Gasteiger partial charge is 0.444 e. The number of hydrogen-bond donors (Lipinski definition) is 4. The number of carbonyl (C=O) groups is 4. The maximum atomic E-state index is 13.6. The number of anilines is 2. The van der Waals surface area contributed by atoms with Crippen LogP contribution in [0.4, 0.5) is 21.1 Å². The van der Waals surface area contributed by atoms with E-state index < -0.39 is 29.4 Å². The van der Waals surface area contributed by atoms with Crippen molar-refractivity contribution in [1.82, 2.24) is 25.9 Å². The van der Waals surface area contributed by atoms with Crippen molar-refractivity contribution >= 4 is 35.5 Å². The molecule has 1 saturated carbocycles. The minimum Gasteiger partial charge on any atom is -0.444 e. The molecule has 58 heavy (non-hydrogen) atoms. The van der Waals surface area contributed by atoms with Crippen LogP contribution in [0, 0.1) is 5.92 Å². The average Bonchev–Trinajstić information content (AvgIpc) is 3.56. The van der Waals surface area contributed by atoms with E-state index in [1.165, 1.54) is 0 Å². The minimum absolute atomic E-state index is 0.0253. The summed E-state index contributed by atoms with van der Waals surface area (Å²) in [5.41, 5.74) is 2.44. The number of alkyl carbamates (subject to hydrolysis) is 1. The zero-order chi connectivity index (χ0) is 42.0. The van der Waals surface area contributed by atoms with Gasteiger partial charge < -0.3 is 35.1 Å². The highest BCUT2D eigenvalue weighted by molar-refractivity contribution is 5.95. The van der Waals surface area contributed by atoms with Gasteiger partial charge in [0.25, 0.3) is 5.91 Å². The van der Waals surface area contributed by atoms with E-state index in [1.54, 1.807) is 31.3 Å². The molecular weight excluding hydrogens is 739 g/mol. The summed E-state index contributed by atoms with van der Waals surface area (Å²) in [6.45, 7) is 13.9. The van der Waals surface area contributed by atoms with E-state index in [0.717, 1.165) is 43.2 Å². The lowest BCUT2D eigenvalue weighted by Crippen LogP contribution is -2.46. The highest BCUT2D eigenvalue weighted by Gasteiger charge is 2.45. The molecule has 2 aromatic carbocycles. The second-order valence-electron chi connectivity index (χ2n) is 17.1. The Morgan fingerprint density at radius 2 is 1.48 bits per heavy atom. The van der Waals surface area contributed by atoms with Gasteiger partial charge in [-0.2, -0.15) is 0 Å². The highest BCUT2D eigenvalue weighted by Crippen LogP contribution is 2.42. The van der Waals surface area contributed by atoms with Crippen LogP contribution in [0.3, 0.4) is 0 Å². The number of ether oxygens (including phenoxy) is 3. The molecule has 14 nitrogen and oxygen atoms in total. The number of aryl methyl sites for hydroxylation is 1. The Labute approximate surface area is 342 Å². The molecule has 0 radical (unpaired) electrons.